The third-order valence-electron chi connectivity index (χ3n) is 2.74. The van der Waals surface area contributed by atoms with Crippen molar-refractivity contribution < 1.29 is 4.79 Å². The highest BCUT2D eigenvalue weighted by Gasteiger charge is 2.16. The van der Waals surface area contributed by atoms with Gasteiger partial charge in [0, 0.05) is 29.1 Å². The number of nitrogens with two attached hydrogens (primary N) is 1. The van der Waals surface area contributed by atoms with E-state index in [2.05, 4.69) is 27.0 Å². The molecule has 0 aliphatic heterocycles. The number of carbonyl (C=O) groups is 1. The molecule has 2 rings (SSSR count). The highest BCUT2D eigenvalue weighted by atomic mass is 79.9. The first-order chi connectivity index (χ1) is 9.08. The summed E-state index contributed by atoms with van der Waals surface area (Å²) in [5, 5.41) is 2.04. The van der Waals surface area contributed by atoms with Gasteiger partial charge in [-0.25, -0.2) is 4.98 Å². The minimum absolute atomic E-state index is 0.108. The van der Waals surface area contributed by atoms with Crippen LogP contribution in [0.2, 0.25) is 0 Å². The zero-order chi connectivity index (χ0) is 13.8. The van der Waals surface area contributed by atoms with Crippen molar-refractivity contribution >= 4 is 39.0 Å². The average molecular weight is 340 g/mol. The summed E-state index contributed by atoms with van der Waals surface area (Å²) in [6.07, 6.45) is 2.43. The van der Waals surface area contributed by atoms with E-state index in [4.69, 9.17) is 5.73 Å². The molecule has 0 saturated heterocycles. The fourth-order valence-electron chi connectivity index (χ4n) is 1.66. The van der Waals surface area contributed by atoms with Crippen molar-refractivity contribution in [1.29, 1.82) is 0 Å². The van der Waals surface area contributed by atoms with Crippen LogP contribution in [0.25, 0.3) is 0 Å². The summed E-state index contributed by atoms with van der Waals surface area (Å²) < 4.78 is 0.747. The molecule has 0 unspecified atom stereocenters. The predicted octanol–water partition coefficient (Wildman–Crippen LogP) is 2.80. The molecule has 1 amide bonds. The lowest BCUT2D eigenvalue weighted by atomic mass is 10.2. The zero-order valence-electron chi connectivity index (χ0n) is 10.5. The Hall–Kier alpha value is -1.40. The maximum Gasteiger partial charge on any atom is 0.257 e. The Morgan fingerprint density at radius 2 is 2.37 bits per heavy atom. The van der Waals surface area contributed by atoms with E-state index in [9.17, 15) is 4.79 Å². The second-order valence-electron chi connectivity index (χ2n) is 4.14. The quantitative estimate of drug-likeness (QED) is 0.931. The molecule has 2 heterocycles. The summed E-state index contributed by atoms with van der Waals surface area (Å²) in [4.78, 5) is 19.2. The van der Waals surface area contributed by atoms with Crippen LogP contribution in [0.15, 0.2) is 34.2 Å². The molecule has 0 radical (unpaired) electrons. The smallest absolute Gasteiger partial charge is 0.257 e. The topological polar surface area (TPSA) is 59.2 Å². The first-order valence-electron chi connectivity index (χ1n) is 5.77. The van der Waals surface area contributed by atoms with Crippen LogP contribution < -0.4 is 5.73 Å². The molecular formula is C13H14BrN3OS. The molecule has 0 aliphatic rings. The molecule has 0 bridgehead atoms. The molecule has 0 saturated carbocycles. The summed E-state index contributed by atoms with van der Waals surface area (Å²) >= 11 is 4.99. The van der Waals surface area contributed by atoms with Crippen LogP contribution in [-0.2, 0) is 6.42 Å². The number of thiophene rings is 1. The Balaban J connectivity index is 2.04. The second kappa shape index (κ2) is 6.16. The summed E-state index contributed by atoms with van der Waals surface area (Å²) in [5.74, 6) is 0.152. The van der Waals surface area contributed by atoms with E-state index in [-0.39, 0.29) is 11.7 Å². The number of likely N-dealkylation sites (N-methyl/N-ethyl adjacent to an activating group) is 1. The van der Waals surface area contributed by atoms with Gasteiger partial charge >= 0.3 is 0 Å². The Bertz CT molecular complexity index is 571. The lowest BCUT2D eigenvalue weighted by molar-refractivity contribution is 0.0797. The lowest BCUT2D eigenvalue weighted by Crippen LogP contribution is -2.29. The minimum atomic E-state index is -0.108. The summed E-state index contributed by atoms with van der Waals surface area (Å²) in [7, 11) is 1.77. The fraction of sp³-hybridized carbons (Fsp3) is 0.231. The number of pyridine rings is 1. The first kappa shape index (κ1) is 14.0. The molecule has 0 aliphatic carbocycles. The number of amides is 1. The van der Waals surface area contributed by atoms with Crippen LogP contribution in [-0.4, -0.2) is 29.4 Å². The molecule has 2 aromatic rings. The normalized spacial score (nSPS) is 10.4. The van der Waals surface area contributed by atoms with E-state index >= 15 is 0 Å². The maximum atomic E-state index is 12.3. The number of nitrogen functional groups attached to an aromatic ring is 1. The Morgan fingerprint density at radius 3 is 3.05 bits per heavy atom. The molecule has 2 aromatic heterocycles. The number of hydrogen-bond donors (Lipinski definition) is 1. The third kappa shape index (κ3) is 3.54. The monoisotopic (exact) mass is 339 g/mol. The summed E-state index contributed by atoms with van der Waals surface area (Å²) in [6.45, 7) is 0.658. The molecule has 0 aromatic carbocycles. The molecule has 2 N–H and O–H groups in total. The van der Waals surface area contributed by atoms with E-state index < -0.39 is 0 Å². The molecule has 6 heteroatoms. The van der Waals surface area contributed by atoms with Crippen LogP contribution in [0, 0.1) is 0 Å². The summed E-state index contributed by atoms with van der Waals surface area (Å²) in [5.41, 5.74) is 6.17. The van der Waals surface area contributed by atoms with E-state index in [0.717, 1.165) is 10.9 Å². The number of halogens is 1. The van der Waals surface area contributed by atoms with Gasteiger partial charge in [0.2, 0.25) is 0 Å². The van der Waals surface area contributed by atoms with Gasteiger partial charge in [0.15, 0.2) is 0 Å². The van der Waals surface area contributed by atoms with E-state index in [0.29, 0.717) is 12.1 Å². The number of aromatic nitrogens is 1. The molecule has 0 fully saturated rings. The number of hydrogen-bond acceptors (Lipinski definition) is 4. The first-order valence-corrected chi connectivity index (χ1v) is 7.44. The Morgan fingerprint density at radius 1 is 1.58 bits per heavy atom. The van der Waals surface area contributed by atoms with Crippen LogP contribution in [0.1, 0.15) is 15.2 Å². The molecule has 0 atom stereocenters. The zero-order valence-corrected chi connectivity index (χ0v) is 12.9. The van der Waals surface area contributed by atoms with Crippen molar-refractivity contribution in [2.45, 2.75) is 6.42 Å². The van der Waals surface area contributed by atoms with Gasteiger partial charge in [-0.1, -0.05) is 6.07 Å². The van der Waals surface area contributed by atoms with Gasteiger partial charge in [-0.3, -0.25) is 4.79 Å². The Labute approximate surface area is 124 Å². The van der Waals surface area contributed by atoms with Crippen molar-refractivity contribution in [3.63, 3.8) is 0 Å². The van der Waals surface area contributed by atoms with Crippen LogP contribution in [0.4, 0.5) is 5.82 Å². The standard InChI is InChI=1S/C13H14BrN3OS/c1-17(5-4-10-3-2-6-19-10)13(18)11-7-9(14)8-16-12(11)15/h2-3,6-8H,4-5H2,1H3,(H2,15,16). The van der Waals surface area contributed by atoms with Crippen LogP contribution in [0.3, 0.4) is 0 Å². The van der Waals surface area contributed by atoms with Crippen molar-refractivity contribution in [1.82, 2.24) is 9.88 Å². The summed E-state index contributed by atoms with van der Waals surface area (Å²) in [6, 6.07) is 5.78. The molecular weight excluding hydrogens is 326 g/mol. The predicted molar refractivity (Wildman–Crippen MR) is 81.3 cm³/mol. The minimum Gasteiger partial charge on any atom is -0.383 e. The number of anilines is 1. The van der Waals surface area contributed by atoms with E-state index in [1.165, 1.54) is 4.88 Å². The number of carbonyl (C=O) groups excluding carboxylic acids is 1. The van der Waals surface area contributed by atoms with Gasteiger partial charge in [-0.2, -0.15) is 0 Å². The van der Waals surface area contributed by atoms with E-state index in [1.807, 2.05) is 11.4 Å². The highest BCUT2D eigenvalue weighted by molar-refractivity contribution is 9.10. The lowest BCUT2D eigenvalue weighted by Gasteiger charge is -2.17. The van der Waals surface area contributed by atoms with Crippen molar-refractivity contribution in [3.8, 4) is 0 Å². The van der Waals surface area contributed by atoms with Crippen molar-refractivity contribution in [2.75, 3.05) is 19.3 Å². The fourth-order valence-corrected chi connectivity index (χ4v) is 2.69. The molecule has 100 valence electrons. The van der Waals surface area contributed by atoms with Gasteiger partial charge < -0.3 is 10.6 Å². The van der Waals surface area contributed by atoms with Crippen molar-refractivity contribution in [2.24, 2.45) is 0 Å². The van der Waals surface area contributed by atoms with Gasteiger partial charge in [0.05, 0.1) is 5.56 Å². The van der Waals surface area contributed by atoms with Gasteiger partial charge in [-0.15, -0.1) is 11.3 Å². The molecule has 0 spiro atoms. The SMILES string of the molecule is CN(CCc1cccs1)C(=O)c1cc(Br)cnc1N. The van der Waals surface area contributed by atoms with Gasteiger partial charge in [-0.05, 0) is 39.9 Å². The second-order valence-corrected chi connectivity index (χ2v) is 6.09. The largest absolute Gasteiger partial charge is 0.383 e. The third-order valence-corrected chi connectivity index (χ3v) is 4.11. The maximum absolute atomic E-state index is 12.3. The van der Waals surface area contributed by atoms with Crippen molar-refractivity contribution in [3.05, 3.63) is 44.7 Å². The Kier molecular flexibility index (Phi) is 4.55. The average Bonchev–Trinajstić information content (AvgIpc) is 2.91. The van der Waals surface area contributed by atoms with Gasteiger partial charge in [0.25, 0.3) is 5.91 Å². The highest BCUT2D eigenvalue weighted by Crippen LogP contribution is 2.17. The van der Waals surface area contributed by atoms with Crippen LogP contribution in [0.5, 0.6) is 0 Å². The molecule has 19 heavy (non-hydrogen) atoms. The number of rotatable bonds is 4. The number of nitrogens with zero attached hydrogens (tertiary/aromatic N) is 2. The molecule has 4 nitrogen and oxygen atoms in total. The van der Waals surface area contributed by atoms with Gasteiger partial charge in [0.1, 0.15) is 5.82 Å². The van der Waals surface area contributed by atoms with Crippen LogP contribution >= 0.6 is 27.3 Å². The van der Waals surface area contributed by atoms with E-state index in [1.54, 1.807) is 35.5 Å².